The lowest BCUT2D eigenvalue weighted by Gasteiger charge is -2.31. The number of nitrogens with one attached hydrogen (secondary N) is 1. The summed E-state index contributed by atoms with van der Waals surface area (Å²) in [5.41, 5.74) is 0. The Bertz CT molecular complexity index is 217. The van der Waals surface area contributed by atoms with E-state index in [9.17, 15) is 4.79 Å². The third-order valence-electron chi connectivity index (χ3n) is 3.62. The minimum absolute atomic E-state index is 0.331. The zero-order valence-corrected chi connectivity index (χ0v) is 8.42. The molecule has 1 aliphatic carbocycles. The van der Waals surface area contributed by atoms with Gasteiger partial charge in [0, 0.05) is 26.1 Å². The van der Waals surface area contributed by atoms with Crippen molar-refractivity contribution in [2.24, 2.45) is 11.8 Å². The van der Waals surface area contributed by atoms with Crippen LogP contribution in [0.25, 0.3) is 0 Å². The van der Waals surface area contributed by atoms with Crippen LogP contribution in [0.1, 0.15) is 19.3 Å². The molecule has 0 aromatic carbocycles. The van der Waals surface area contributed by atoms with Gasteiger partial charge in [0.05, 0.1) is 0 Å². The average molecular weight is 182 g/mol. The molecule has 2 aliphatic rings. The summed E-state index contributed by atoms with van der Waals surface area (Å²) in [7, 11) is 3.94. The van der Waals surface area contributed by atoms with Gasteiger partial charge in [0.1, 0.15) is 0 Å². The lowest BCUT2D eigenvalue weighted by atomic mass is 9.88. The summed E-state index contributed by atoms with van der Waals surface area (Å²) in [5, 5.41) is 3.32. The summed E-state index contributed by atoms with van der Waals surface area (Å²) in [4.78, 5) is 13.3. The predicted octanol–water partition coefficient (Wildman–Crippen LogP) is 0.463. The van der Waals surface area contributed by atoms with Crippen molar-refractivity contribution in [1.82, 2.24) is 10.2 Å². The van der Waals surface area contributed by atoms with Crippen molar-refractivity contribution < 1.29 is 4.79 Å². The Labute approximate surface area is 79.5 Å². The molecule has 2 rings (SSSR count). The first-order chi connectivity index (χ1) is 6.20. The maximum absolute atomic E-state index is 11.4. The zero-order chi connectivity index (χ0) is 9.42. The maximum Gasteiger partial charge on any atom is 0.222 e. The zero-order valence-electron chi connectivity index (χ0n) is 8.42. The molecule has 1 unspecified atom stereocenters. The van der Waals surface area contributed by atoms with Crippen molar-refractivity contribution in [3.05, 3.63) is 0 Å². The molecule has 0 spiro atoms. The molecular formula is C10H18N2O. The summed E-state index contributed by atoms with van der Waals surface area (Å²) < 4.78 is 0. The Morgan fingerprint density at radius 2 is 2.08 bits per heavy atom. The number of amides is 1. The number of piperidine rings is 1. The van der Waals surface area contributed by atoms with E-state index in [1.807, 2.05) is 19.0 Å². The molecule has 3 heteroatoms. The monoisotopic (exact) mass is 182 g/mol. The molecule has 0 aromatic heterocycles. The Morgan fingerprint density at radius 3 is 2.77 bits per heavy atom. The number of rotatable bonds is 1. The van der Waals surface area contributed by atoms with Crippen LogP contribution in [-0.2, 0) is 4.79 Å². The summed E-state index contributed by atoms with van der Waals surface area (Å²) in [6.45, 7) is 0.974. The van der Waals surface area contributed by atoms with Gasteiger partial charge in [-0.05, 0) is 31.7 Å². The largest absolute Gasteiger partial charge is 0.345 e. The minimum atomic E-state index is 0.331. The molecule has 1 saturated heterocycles. The molecule has 3 nitrogen and oxygen atoms in total. The number of fused-ring (bicyclic) bond motifs is 1. The van der Waals surface area contributed by atoms with Crippen molar-refractivity contribution in [2.75, 3.05) is 20.6 Å². The van der Waals surface area contributed by atoms with Crippen molar-refractivity contribution in [2.45, 2.75) is 25.3 Å². The molecule has 2 fully saturated rings. The molecule has 1 amide bonds. The quantitative estimate of drug-likeness (QED) is 0.639. The molecule has 1 saturated carbocycles. The summed E-state index contributed by atoms with van der Waals surface area (Å²) >= 11 is 0. The molecule has 1 heterocycles. The second-order valence-corrected chi connectivity index (χ2v) is 4.46. The highest BCUT2D eigenvalue weighted by atomic mass is 16.2. The molecule has 0 radical (unpaired) electrons. The molecule has 1 aliphatic heterocycles. The molecule has 74 valence electrons. The van der Waals surface area contributed by atoms with E-state index >= 15 is 0 Å². The van der Waals surface area contributed by atoms with E-state index in [2.05, 4.69) is 5.32 Å². The van der Waals surface area contributed by atoms with Crippen LogP contribution in [0.3, 0.4) is 0 Å². The Kier molecular flexibility index (Phi) is 2.28. The highest BCUT2D eigenvalue weighted by Crippen LogP contribution is 2.37. The van der Waals surface area contributed by atoms with Crippen LogP contribution in [0, 0.1) is 11.8 Å². The first kappa shape index (κ1) is 9.00. The van der Waals surface area contributed by atoms with Crippen LogP contribution >= 0.6 is 0 Å². The molecule has 1 N–H and O–H groups in total. The van der Waals surface area contributed by atoms with Crippen LogP contribution in [0.2, 0.25) is 0 Å². The van der Waals surface area contributed by atoms with Gasteiger partial charge in [-0.3, -0.25) is 4.79 Å². The second-order valence-electron chi connectivity index (χ2n) is 4.46. The number of likely N-dealkylation sites (tertiary alicyclic amines) is 1. The van der Waals surface area contributed by atoms with E-state index in [0.29, 0.717) is 17.9 Å². The van der Waals surface area contributed by atoms with Crippen molar-refractivity contribution in [3.8, 4) is 0 Å². The second kappa shape index (κ2) is 3.29. The van der Waals surface area contributed by atoms with Crippen molar-refractivity contribution in [3.63, 3.8) is 0 Å². The standard InChI is InChI=1S/C10H18N2O/c1-11-9-3-7-5-10(13)12(2)6-8(7)4-9/h7-9,11H,3-6H2,1-2H3/t7-,8+,9?/m0/s1. The van der Waals surface area contributed by atoms with Gasteiger partial charge < -0.3 is 10.2 Å². The Morgan fingerprint density at radius 1 is 1.38 bits per heavy atom. The first-order valence-electron chi connectivity index (χ1n) is 5.12. The van der Waals surface area contributed by atoms with Gasteiger partial charge in [0.15, 0.2) is 0 Å². The third kappa shape index (κ3) is 1.57. The fraction of sp³-hybridized carbons (Fsp3) is 0.900. The molecule has 13 heavy (non-hydrogen) atoms. The minimum Gasteiger partial charge on any atom is -0.345 e. The number of carbonyl (C=O) groups is 1. The van der Waals surface area contributed by atoms with Gasteiger partial charge >= 0.3 is 0 Å². The Hall–Kier alpha value is -0.570. The highest BCUT2D eigenvalue weighted by Gasteiger charge is 2.39. The fourth-order valence-corrected chi connectivity index (χ4v) is 2.76. The smallest absolute Gasteiger partial charge is 0.222 e. The molecule has 3 atom stereocenters. The molecule has 0 bridgehead atoms. The van der Waals surface area contributed by atoms with Crippen LogP contribution < -0.4 is 5.32 Å². The van der Waals surface area contributed by atoms with Gasteiger partial charge in [-0.25, -0.2) is 0 Å². The predicted molar refractivity (Wildman–Crippen MR) is 51.3 cm³/mol. The number of carbonyl (C=O) groups excluding carboxylic acids is 1. The van der Waals surface area contributed by atoms with E-state index in [0.717, 1.165) is 18.9 Å². The van der Waals surface area contributed by atoms with Crippen LogP contribution in [0.4, 0.5) is 0 Å². The summed E-state index contributed by atoms with van der Waals surface area (Å²) in [6.07, 6.45) is 3.22. The van der Waals surface area contributed by atoms with Gasteiger partial charge in [0.2, 0.25) is 5.91 Å². The van der Waals surface area contributed by atoms with Crippen LogP contribution in [0.5, 0.6) is 0 Å². The lowest BCUT2D eigenvalue weighted by Crippen LogP contribution is -2.39. The molecular weight excluding hydrogens is 164 g/mol. The topological polar surface area (TPSA) is 32.3 Å². The SMILES string of the molecule is CNC1C[C@H]2CC(=O)N(C)C[C@H]2C1. The van der Waals surface area contributed by atoms with E-state index in [1.165, 1.54) is 12.8 Å². The molecule has 0 aromatic rings. The van der Waals surface area contributed by atoms with E-state index in [4.69, 9.17) is 0 Å². The highest BCUT2D eigenvalue weighted by molar-refractivity contribution is 5.77. The van der Waals surface area contributed by atoms with E-state index in [1.54, 1.807) is 0 Å². The number of nitrogens with zero attached hydrogens (tertiary/aromatic N) is 1. The first-order valence-corrected chi connectivity index (χ1v) is 5.12. The Balaban J connectivity index is 2.01. The van der Waals surface area contributed by atoms with Crippen LogP contribution in [-0.4, -0.2) is 37.5 Å². The van der Waals surface area contributed by atoms with E-state index < -0.39 is 0 Å². The lowest BCUT2D eigenvalue weighted by molar-refractivity contribution is -0.134. The van der Waals surface area contributed by atoms with E-state index in [-0.39, 0.29) is 0 Å². The third-order valence-corrected chi connectivity index (χ3v) is 3.62. The average Bonchev–Trinajstić information content (AvgIpc) is 2.48. The summed E-state index contributed by atoms with van der Waals surface area (Å²) in [5.74, 6) is 1.74. The van der Waals surface area contributed by atoms with Gasteiger partial charge in [0.25, 0.3) is 0 Å². The van der Waals surface area contributed by atoms with Crippen LogP contribution in [0.15, 0.2) is 0 Å². The van der Waals surface area contributed by atoms with Crippen molar-refractivity contribution >= 4 is 5.91 Å². The van der Waals surface area contributed by atoms with Gasteiger partial charge in [-0.15, -0.1) is 0 Å². The normalized spacial score (nSPS) is 39.4. The maximum atomic E-state index is 11.4. The van der Waals surface area contributed by atoms with Crippen molar-refractivity contribution in [1.29, 1.82) is 0 Å². The number of hydrogen-bond donors (Lipinski definition) is 1. The fourth-order valence-electron chi connectivity index (χ4n) is 2.76. The van der Waals surface area contributed by atoms with Gasteiger partial charge in [-0.2, -0.15) is 0 Å². The van der Waals surface area contributed by atoms with Gasteiger partial charge in [-0.1, -0.05) is 0 Å². The summed E-state index contributed by atoms with van der Waals surface area (Å²) in [6, 6.07) is 0.648. The number of hydrogen-bond acceptors (Lipinski definition) is 2.